The second-order valence-corrected chi connectivity index (χ2v) is 26.3. The van der Waals surface area contributed by atoms with Crippen LogP contribution in [-0.4, -0.2) is 149 Å². The van der Waals surface area contributed by atoms with Crippen molar-refractivity contribution in [3.05, 3.63) is 146 Å². The van der Waals surface area contributed by atoms with Crippen LogP contribution in [0.15, 0.2) is 221 Å². The van der Waals surface area contributed by atoms with Crippen LogP contribution >= 0.6 is 0 Å². The number of nitrogens with zero attached hydrogens (tertiary/aromatic N) is 12. The van der Waals surface area contributed by atoms with Crippen molar-refractivity contribution in [3.63, 3.8) is 0 Å². The molecule has 0 bridgehead atoms. The van der Waals surface area contributed by atoms with Crippen LogP contribution in [0.25, 0.3) is 0 Å². The summed E-state index contributed by atoms with van der Waals surface area (Å²) >= 11 is 0. The van der Waals surface area contributed by atoms with Crippen LogP contribution in [0, 0.1) is 0 Å². The molecule has 0 saturated carbocycles. The molecule has 3 unspecified atom stereocenters. The van der Waals surface area contributed by atoms with Crippen LogP contribution in [0.3, 0.4) is 0 Å². The minimum atomic E-state index is -4.67. The smallest absolute Gasteiger partial charge is 0.543 e. The van der Waals surface area contributed by atoms with E-state index in [0.717, 1.165) is 109 Å². The van der Waals surface area contributed by atoms with E-state index >= 15 is 0 Å². The van der Waals surface area contributed by atoms with Gasteiger partial charge in [-0.1, -0.05) is 36.4 Å². The fraction of sp³-hybridized carbons (Fsp3) is 0.0625. The molecule has 0 fully saturated rings. The van der Waals surface area contributed by atoms with E-state index in [0.29, 0.717) is 15.0 Å². The van der Waals surface area contributed by atoms with Crippen molar-refractivity contribution in [1.82, 2.24) is 0 Å². The van der Waals surface area contributed by atoms with Gasteiger partial charge >= 0.3 is 88.7 Å². The fourth-order valence-electron chi connectivity index (χ4n) is 7.57. The van der Waals surface area contributed by atoms with Gasteiger partial charge < -0.3 is 29.7 Å². The Kier molecular flexibility index (Phi) is 27.1. The van der Waals surface area contributed by atoms with Gasteiger partial charge in [0.25, 0.3) is 78.4 Å². The summed E-state index contributed by atoms with van der Waals surface area (Å²) in [6.07, 6.45) is 0. The number of carbonyl (C=O) groups is 6. The maximum atomic E-state index is 12.6. The number of carboxylic acid groups (broad SMARTS) is 3. The standard InChI is InChI=1S/3C16H12N4O9S2.3Na/c3*21-15-13(18-17-11-3-1-2-4-12(11)31(27,28)29)14(16(22)23)19-20(15)9-5-7-10(8-6-9)30(24,25)26;;;/h3*1-8,13H,(H,22,23)(H,24,25,26)(H,27,28,29);;;/q;;;3*+1/p-3. The summed E-state index contributed by atoms with van der Waals surface area (Å²) in [6, 6.07) is 21.5. The first-order chi connectivity index (χ1) is 43.2. The minimum absolute atomic E-state index is 0. The van der Waals surface area contributed by atoms with E-state index in [1.165, 1.54) is 36.4 Å². The van der Waals surface area contributed by atoms with Gasteiger partial charge in [-0.3, -0.25) is 41.7 Å². The Morgan fingerprint density at radius 3 is 0.708 bits per heavy atom. The summed E-state index contributed by atoms with van der Waals surface area (Å²) in [5, 5.41) is 68.2. The predicted molar refractivity (Wildman–Crippen MR) is 302 cm³/mol. The Balaban J connectivity index is 0.000000302. The summed E-state index contributed by atoms with van der Waals surface area (Å²) in [5.74, 6) is -8.57. The predicted octanol–water partition coefficient (Wildman–Crippen LogP) is -9.63. The number of benzene rings is 6. The molecule has 0 aromatic heterocycles. The van der Waals surface area contributed by atoms with E-state index in [1.807, 2.05) is 0 Å². The van der Waals surface area contributed by atoms with Gasteiger partial charge in [0.15, 0.2) is 18.1 Å². The molecule has 3 amide bonds. The van der Waals surface area contributed by atoms with Crippen molar-refractivity contribution in [1.29, 1.82) is 0 Å². The van der Waals surface area contributed by atoms with E-state index in [2.05, 4.69) is 46.0 Å². The van der Waals surface area contributed by atoms with Gasteiger partial charge in [0, 0.05) is 0 Å². The van der Waals surface area contributed by atoms with E-state index in [1.54, 1.807) is 0 Å². The van der Waals surface area contributed by atoms with Gasteiger partial charge in [-0.25, -0.2) is 0 Å². The van der Waals surface area contributed by atoms with E-state index < -0.39 is 161 Å². The average Bonchev–Trinajstić information content (AvgIpc) is 1.65. The van der Waals surface area contributed by atoms with E-state index in [9.17, 15) is 108 Å². The number of amides is 3. The summed E-state index contributed by atoms with van der Waals surface area (Å²) in [6.45, 7) is 0. The number of aliphatic carboxylic acids is 3. The van der Waals surface area contributed by atoms with Crippen molar-refractivity contribution >= 4 is 148 Å². The van der Waals surface area contributed by atoms with Crippen molar-refractivity contribution in [2.24, 2.45) is 46.0 Å². The number of anilines is 3. The number of carboxylic acids is 3. The number of azo groups is 3. The van der Waals surface area contributed by atoms with Gasteiger partial charge in [-0.15, -0.1) is 0 Å². The molecule has 0 radical (unpaired) electrons. The second-order valence-electron chi connectivity index (χ2n) is 17.9. The van der Waals surface area contributed by atoms with E-state index in [4.69, 9.17) is 13.7 Å². The van der Waals surface area contributed by atoms with Crippen LogP contribution in [0.1, 0.15) is 0 Å². The van der Waals surface area contributed by atoms with Crippen LogP contribution in [0.2, 0.25) is 0 Å². The second kappa shape index (κ2) is 32.2. The summed E-state index contributed by atoms with van der Waals surface area (Å²) in [4.78, 5) is 68.8. The summed E-state index contributed by atoms with van der Waals surface area (Å²) in [7, 11) is -27.5. The van der Waals surface area contributed by atoms with Gasteiger partial charge in [-0.05, 0) is 109 Å². The maximum absolute atomic E-state index is 12.6. The molecule has 0 spiro atoms. The maximum Gasteiger partial charge on any atom is 1.00 e. The minimum Gasteiger partial charge on any atom is -0.543 e. The van der Waals surface area contributed by atoms with Gasteiger partial charge in [-0.2, -0.15) is 112 Å². The zero-order valence-electron chi connectivity index (χ0n) is 48.2. The summed E-state index contributed by atoms with van der Waals surface area (Å²) < 4.78 is 190. The Bertz CT molecular complexity index is 4520. The van der Waals surface area contributed by atoms with Crippen LogP contribution < -0.4 is 119 Å². The normalized spacial score (nSPS) is 16.7. The van der Waals surface area contributed by atoms with Gasteiger partial charge in [0.2, 0.25) is 0 Å². The zero-order valence-corrected chi connectivity index (χ0v) is 59.1. The third kappa shape index (κ3) is 19.8. The van der Waals surface area contributed by atoms with E-state index in [-0.39, 0.29) is 123 Å². The molecule has 3 aliphatic rings. The van der Waals surface area contributed by atoms with Crippen LogP contribution in [-0.2, 0) is 89.5 Å². The summed E-state index contributed by atoms with van der Waals surface area (Å²) in [5.41, 5.74) is -3.72. The number of hydrazone groups is 3. The number of hydrogen-bond donors (Lipinski definition) is 6. The Morgan fingerprint density at radius 1 is 0.333 bits per heavy atom. The molecular formula is C48H33N12Na3O27S6. The molecule has 9 rings (SSSR count). The number of hydrogen-bond acceptors (Lipinski definition) is 30. The third-order valence-electron chi connectivity index (χ3n) is 11.8. The molecule has 6 aromatic carbocycles. The first-order valence-corrected chi connectivity index (χ1v) is 32.9. The molecule has 39 nitrogen and oxygen atoms in total. The Morgan fingerprint density at radius 2 is 0.531 bits per heavy atom. The molecular weight excluding hydrogens is 1440 g/mol. The Hall–Kier alpha value is -7.59. The molecule has 3 atom stereocenters. The molecule has 6 N–H and O–H groups in total. The number of rotatable bonds is 18. The van der Waals surface area contributed by atoms with Crippen LogP contribution in [0.5, 0.6) is 0 Å². The molecule has 0 aliphatic carbocycles. The molecule has 96 heavy (non-hydrogen) atoms. The van der Waals surface area contributed by atoms with Crippen molar-refractivity contribution in [2.45, 2.75) is 47.5 Å². The molecule has 486 valence electrons. The first kappa shape index (κ1) is 80.8. The van der Waals surface area contributed by atoms with Gasteiger partial charge in [0.1, 0.15) is 48.9 Å². The SMILES string of the molecule is O=C([O-])C1=NN(c2ccc(S(=O)(=O)O)cc2)C(=O)C1N=Nc1ccccc1S(=O)(=O)O.O=C([O-])C1=NN(c2ccc(S(=O)(=O)O)cc2)C(=O)C1N=Nc1ccccc1S(=O)(=O)O.O=C([O-])C1=NN(c2ccc(S(=O)(=O)O)cc2)C(=O)C1N=Nc1ccccc1S(=O)(=O)O.[Na+].[Na+].[Na+]. The Labute approximate surface area is 606 Å². The van der Waals surface area contributed by atoms with Crippen LogP contribution in [0.4, 0.5) is 34.1 Å². The quantitative estimate of drug-likeness (QED) is 0.0264. The first-order valence-electron chi connectivity index (χ1n) is 24.2. The molecule has 0 saturated heterocycles. The van der Waals surface area contributed by atoms with Crippen molar-refractivity contribution < 1.29 is 211 Å². The molecule has 3 aliphatic heterocycles. The average molecular weight is 1470 g/mol. The molecule has 3 heterocycles. The molecule has 6 aromatic rings. The number of carbonyl (C=O) groups excluding carboxylic acids is 6. The molecule has 48 heteroatoms. The zero-order chi connectivity index (χ0) is 68.9. The fourth-order valence-corrected chi connectivity index (χ4v) is 10.9. The van der Waals surface area contributed by atoms with Crippen molar-refractivity contribution in [2.75, 3.05) is 15.0 Å². The largest absolute Gasteiger partial charge is 1.00 e. The topological polar surface area (TPSA) is 619 Å². The monoisotopic (exact) mass is 1470 g/mol. The van der Waals surface area contributed by atoms with Gasteiger partial charge in [0.05, 0.1) is 49.7 Å². The third-order valence-corrected chi connectivity index (χ3v) is 17.1. The van der Waals surface area contributed by atoms with Crippen molar-refractivity contribution in [3.8, 4) is 0 Å².